The molecule has 0 aliphatic rings. The minimum absolute atomic E-state index is 0.00890. The van der Waals surface area contributed by atoms with Gasteiger partial charge >= 0.3 is 0 Å². The second-order valence-corrected chi connectivity index (χ2v) is 5.38. The summed E-state index contributed by atoms with van der Waals surface area (Å²) >= 11 is 0. The van der Waals surface area contributed by atoms with Gasteiger partial charge in [-0.25, -0.2) is 4.98 Å². The van der Waals surface area contributed by atoms with Crippen LogP contribution in [0.3, 0.4) is 0 Å². The number of hydrogen-bond acceptors (Lipinski definition) is 2. The average Bonchev–Trinajstić information content (AvgIpc) is 3.03. The van der Waals surface area contributed by atoms with Gasteiger partial charge in [0.25, 0.3) is 5.91 Å². The highest BCUT2D eigenvalue weighted by molar-refractivity contribution is 5.95. The monoisotopic (exact) mass is 282 g/mol. The molecular formula is C16H18N4O. The minimum Gasteiger partial charge on any atom is -0.365 e. The van der Waals surface area contributed by atoms with Gasteiger partial charge in [0.1, 0.15) is 5.82 Å². The molecule has 1 amide bonds. The average molecular weight is 282 g/mol. The van der Waals surface area contributed by atoms with Gasteiger partial charge in [0.15, 0.2) is 0 Å². The van der Waals surface area contributed by atoms with E-state index >= 15 is 0 Å². The van der Waals surface area contributed by atoms with Crippen molar-refractivity contribution in [3.05, 3.63) is 53.1 Å². The van der Waals surface area contributed by atoms with Crippen LogP contribution < -0.4 is 0 Å². The summed E-state index contributed by atoms with van der Waals surface area (Å²) in [6.45, 7) is 4.40. The molecule has 0 saturated carbocycles. The molecule has 3 aromatic rings. The Bertz CT molecular complexity index is 800. The number of benzene rings is 1. The quantitative estimate of drug-likeness (QED) is 0.775. The van der Waals surface area contributed by atoms with Gasteiger partial charge in [0.2, 0.25) is 0 Å². The third-order valence-electron chi connectivity index (χ3n) is 3.60. The zero-order valence-electron chi connectivity index (χ0n) is 12.4. The van der Waals surface area contributed by atoms with E-state index in [0.717, 1.165) is 22.6 Å². The number of imidazole rings is 1. The van der Waals surface area contributed by atoms with Gasteiger partial charge in [-0.15, -0.1) is 0 Å². The van der Waals surface area contributed by atoms with Gasteiger partial charge < -0.3 is 14.9 Å². The molecule has 0 fully saturated rings. The van der Waals surface area contributed by atoms with Crippen molar-refractivity contribution in [3.63, 3.8) is 0 Å². The van der Waals surface area contributed by atoms with E-state index in [1.807, 2.05) is 26.0 Å². The Labute approximate surface area is 123 Å². The van der Waals surface area contributed by atoms with E-state index in [1.165, 1.54) is 5.56 Å². The molecule has 0 atom stereocenters. The number of carbonyl (C=O) groups excluding carboxylic acids is 1. The van der Waals surface area contributed by atoms with Crippen LogP contribution in [0, 0.1) is 13.8 Å². The summed E-state index contributed by atoms with van der Waals surface area (Å²) in [6.07, 6.45) is 1.78. The van der Waals surface area contributed by atoms with Crippen molar-refractivity contribution in [2.75, 3.05) is 7.05 Å². The molecule has 2 aromatic heterocycles. The number of carbonyl (C=O) groups is 1. The molecule has 0 saturated heterocycles. The number of nitrogens with zero attached hydrogens (tertiary/aromatic N) is 2. The molecule has 0 aliphatic heterocycles. The molecule has 5 nitrogen and oxygen atoms in total. The summed E-state index contributed by atoms with van der Waals surface area (Å²) in [5.74, 6) is 0.782. The second-order valence-electron chi connectivity index (χ2n) is 5.38. The van der Waals surface area contributed by atoms with Gasteiger partial charge in [-0.1, -0.05) is 6.07 Å². The number of aryl methyl sites for hydroxylation is 2. The van der Waals surface area contributed by atoms with E-state index < -0.39 is 0 Å². The molecule has 0 bridgehead atoms. The van der Waals surface area contributed by atoms with Gasteiger partial charge in [-0.3, -0.25) is 4.79 Å². The Hall–Kier alpha value is -2.56. The lowest BCUT2D eigenvalue weighted by Gasteiger charge is -2.15. The number of fused-ring (bicyclic) bond motifs is 1. The first-order valence-electron chi connectivity index (χ1n) is 6.89. The van der Waals surface area contributed by atoms with Crippen LogP contribution in [-0.2, 0) is 6.54 Å². The molecular weight excluding hydrogens is 264 g/mol. The summed E-state index contributed by atoms with van der Waals surface area (Å²) in [7, 11) is 1.78. The molecule has 0 unspecified atom stereocenters. The molecule has 2 heterocycles. The fourth-order valence-electron chi connectivity index (χ4n) is 2.44. The molecule has 0 radical (unpaired) electrons. The van der Waals surface area contributed by atoms with Crippen molar-refractivity contribution in [1.82, 2.24) is 19.9 Å². The third kappa shape index (κ3) is 2.54. The molecule has 0 spiro atoms. The molecule has 3 rings (SSSR count). The van der Waals surface area contributed by atoms with Crippen molar-refractivity contribution < 1.29 is 4.79 Å². The Balaban J connectivity index is 1.81. The van der Waals surface area contributed by atoms with Crippen LogP contribution in [0.4, 0.5) is 0 Å². The number of amides is 1. The lowest BCUT2D eigenvalue weighted by atomic mass is 10.2. The largest absolute Gasteiger partial charge is 0.365 e. The Morgan fingerprint density at radius 3 is 2.81 bits per heavy atom. The number of nitrogens with one attached hydrogen (secondary N) is 2. The maximum Gasteiger partial charge on any atom is 0.255 e. The van der Waals surface area contributed by atoms with Crippen molar-refractivity contribution in [2.24, 2.45) is 0 Å². The Morgan fingerprint density at radius 2 is 2.10 bits per heavy atom. The van der Waals surface area contributed by atoms with Crippen LogP contribution in [0.2, 0.25) is 0 Å². The van der Waals surface area contributed by atoms with Crippen molar-refractivity contribution in [3.8, 4) is 0 Å². The maximum absolute atomic E-state index is 12.4. The van der Waals surface area contributed by atoms with E-state index in [-0.39, 0.29) is 5.91 Å². The zero-order valence-corrected chi connectivity index (χ0v) is 12.4. The third-order valence-corrected chi connectivity index (χ3v) is 3.60. The second kappa shape index (κ2) is 5.09. The standard InChI is InChI=1S/C16H18N4O/c1-10-4-5-13-14(8-10)19-15(18-13)9-20(3)16(21)12-6-7-17-11(12)2/h4-8,17H,9H2,1-3H3,(H,18,19). The van der Waals surface area contributed by atoms with E-state index in [2.05, 4.69) is 21.0 Å². The van der Waals surface area contributed by atoms with Crippen LogP contribution in [0.25, 0.3) is 11.0 Å². The summed E-state index contributed by atoms with van der Waals surface area (Å²) < 4.78 is 0. The lowest BCUT2D eigenvalue weighted by molar-refractivity contribution is 0.0781. The van der Waals surface area contributed by atoms with E-state index in [1.54, 1.807) is 24.2 Å². The predicted octanol–water partition coefficient (Wildman–Crippen LogP) is 2.78. The first-order chi connectivity index (χ1) is 10.0. The Morgan fingerprint density at radius 1 is 1.29 bits per heavy atom. The van der Waals surface area contributed by atoms with Crippen LogP contribution in [0.15, 0.2) is 30.5 Å². The normalized spacial score (nSPS) is 11.0. The maximum atomic E-state index is 12.4. The summed E-state index contributed by atoms with van der Waals surface area (Å²) in [5.41, 5.74) is 4.69. The summed E-state index contributed by atoms with van der Waals surface area (Å²) in [5, 5.41) is 0. The molecule has 21 heavy (non-hydrogen) atoms. The highest BCUT2D eigenvalue weighted by Crippen LogP contribution is 2.15. The topological polar surface area (TPSA) is 64.8 Å². The summed E-state index contributed by atoms with van der Waals surface area (Å²) in [4.78, 5) is 24.8. The number of aromatic nitrogens is 3. The minimum atomic E-state index is -0.00890. The fraction of sp³-hybridized carbons (Fsp3) is 0.250. The van der Waals surface area contributed by atoms with Crippen LogP contribution in [0.5, 0.6) is 0 Å². The first kappa shape index (κ1) is 13.4. The highest BCUT2D eigenvalue weighted by atomic mass is 16.2. The Kier molecular flexibility index (Phi) is 3.25. The first-order valence-corrected chi connectivity index (χ1v) is 6.89. The van der Waals surface area contributed by atoms with Crippen LogP contribution >= 0.6 is 0 Å². The predicted molar refractivity (Wildman–Crippen MR) is 82.2 cm³/mol. The molecule has 5 heteroatoms. The van der Waals surface area contributed by atoms with E-state index in [9.17, 15) is 4.79 Å². The van der Waals surface area contributed by atoms with Crippen LogP contribution in [0.1, 0.15) is 27.4 Å². The number of rotatable bonds is 3. The van der Waals surface area contributed by atoms with E-state index in [4.69, 9.17) is 0 Å². The SMILES string of the molecule is Cc1ccc2nc(CN(C)C(=O)c3cc[nH]c3C)[nH]c2c1. The van der Waals surface area contributed by atoms with Crippen molar-refractivity contribution in [2.45, 2.75) is 20.4 Å². The van der Waals surface area contributed by atoms with Crippen LogP contribution in [-0.4, -0.2) is 32.8 Å². The summed E-state index contributed by atoms with van der Waals surface area (Å²) in [6, 6.07) is 7.88. The molecule has 0 aliphatic carbocycles. The number of aromatic amines is 2. The van der Waals surface area contributed by atoms with Gasteiger partial charge in [-0.2, -0.15) is 0 Å². The van der Waals surface area contributed by atoms with Crippen molar-refractivity contribution >= 4 is 16.9 Å². The number of hydrogen-bond donors (Lipinski definition) is 2. The number of H-pyrrole nitrogens is 2. The molecule has 1 aromatic carbocycles. The fourth-order valence-corrected chi connectivity index (χ4v) is 2.44. The highest BCUT2D eigenvalue weighted by Gasteiger charge is 2.16. The van der Waals surface area contributed by atoms with Gasteiger partial charge in [0.05, 0.1) is 23.1 Å². The van der Waals surface area contributed by atoms with E-state index in [0.29, 0.717) is 12.1 Å². The van der Waals surface area contributed by atoms with Crippen molar-refractivity contribution in [1.29, 1.82) is 0 Å². The lowest BCUT2D eigenvalue weighted by Crippen LogP contribution is -2.26. The molecule has 2 N–H and O–H groups in total. The van der Waals surface area contributed by atoms with Gasteiger partial charge in [-0.05, 0) is 37.6 Å². The van der Waals surface area contributed by atoms with Gasteiger partial charge in [0, 0.05) is 18.9 Å². The molecule has 108 valence electrons. The zero-order chi connectivity index (χ0) is 15.0. The smallest absolute Gasteiger partial charge is 0.255 e.